The third kappa shape index (κ3) is 2.96. The fourth-order valence-corrected chi connectivity index (χ4v) is 3.74. The number of pyridine rings is 1. The van der Waals surface area contributed by atoms with Gasteiger partial charge < -0.3 is 0 Å². The SMILES string of the molecule is Clc1ccc2c(N/N=C\c3c4ccccc4cc4ccccc34)ccnc2c1. The minimum Gasteiger partial charge on any atom is -0.278 e. The molecule has 0 amide bonds. The summed E-state index contributed by atoms with van der Waals surface area (Å²) < 4.78 is 0. The molecule has 0 unspecified atom stereocenters. The van der Waals surface area contributed by atoms with Crippen molar-refractivity contribution < 1.29 is 0 Å². The van der Waals surface area contributed by atoms with Crippen LogP contribution in [0.2, 0.25) is 5.02 Å². The molecule has 28 heavy (non-hydrogen) atoms. The quantitative estimate of drug-likeness (QED) is 0.216. The normalized spacial score (nSPS) is 11.6. The summed E-state index contributed by atoms with van der Waals surface area (Å²) >= 11 is 6.08. The van der Waals surface area contributed by atoms with E-state index in [9.17, 15) is 0 Å². The van der Waals surface area contributed by atoms with Crippen molar-refractivity contribution in [3.8, 4) is 0 Å². The average Bonchev–Trinajstić information content (AvgIpc) is 2.73. The Balaban J connectivity index is 1.59. The third-order valence-corrected chi connectivity index (χ3v) is 5.13. The van der Waals surface area contributed by atoms with E-state index in [0.717, 1.165) is 22.2 Å². The molecule has 0 atom stereocenters. The number of rotatable bonds is 3. The number of fused-ring (bicyclic) bond motifs is 3. The maximum absolute atomic E-state index is 6.08. The number of hydrazone groups is 1. The summed E-state index contributed by atoms with van der Waals surface area (Å²) in [6.45, 7) is 0. The molecule has 1 aromatic heterocycles. The molecule has 0 aliphatic heterocycles. The van der Waals surface area contributed by atoms with Crippen molar-refractivity contribution in [1.29, 1.82) is 0 Å². The van der Waals surface area contributed by atoms with Gasteiger partial charge in [-0.2, -0.15) is 5.10 Å². The minimum absolute atomic E-state index is 0.669. The van der Waals surface area contributed by atoms with Crippen LogP contribution in [0.4, 0.5) is 5.69 Å². The zero-order valence-corrected chi connectivity index (χ0v) is 15.7. The van der Waals surface area contributed by atoms with E-state index in [-0.39, 0.29) is 0 Å². The number of aromatic nitrogens is 1. The zero-order valence-electron chi connectivity index (χ0n) is 14.9. The number of benzene rings is 4. The van der Waals surface area contributed by atoms with Gasteiger partial charge in [-0.25, -0.2) is 0 Å². The summed E-state index contributed by atoms with van der Waals surface area (Å²) in [5, 5.41) is 11.0. The molecule has 4 heteroatoms. The van der Waals surface area contributed by atoms with Crippen LogP contribution in [0.3, 0.4) is 0 Å². The molecule has 1 N–H and O–H groups in total. The molecule has 1 heterocycles. The van der Waals surface area contributed by atoms with Crippen LogP contribution in [0.15, 0.2) is 90.2 Å². The van der Waals surface area contributed by atoms with Crippen molar-refractivity contribution in [3.63, 3.8) is 0 Å². The Morgan fingerprint density at radius 3 is 2.25 bits per heavy atom. The molecule has 5 rings (SSSR count). The second kappa shape index (κ2) is 6.95. The molecular formula is C24H16ClN3. The molecule has 0 radical (unpaired) electrons. The molecule has 0 spiro atoms. The van der Waals surface area contributed by atoms with Crippen LogP contribution in [0.1, 0.15) is 5.56 Å². The second-order valence-electron chi connectivity index (χ2n) is 6.62. The summed E-state index contributed by atoms with van der Waals surface area (Å²) in [7, 11) is 0. The first-order chi connectivity index (χ1) is 13.8. The van der Waals surface area contributed by atoms with E-state index >= 15 is 0 Å². The second-order valence-corrected chi connectivity index (χ2v) is 7.06. The van der Waals surface area contributed by atoms with Crippen molar-refractivity contribution in [2.24, 2.45) is 5.10 Å². The largest absolute Gasteiger partial charge is 0.278 e. The van der Waals surface area contributed by atoms with Gasteiger partial charge in [0.1, 0.15) is 0 Å². The lowest BCUT2D eigenvalue weighted by Crippen LogP contribution is -1.94. The highest BCUT2D eigenvalue weighted by Gasteiger charge is 2.06. The molecule has 4 aromatic carbocycles. The van der Waals surface area contributed by atoms with Crippen molar-refractivity contribution in [2.45, 2.75) is 0 Å². The maximum atomic E-state index is 6.08. The summed E-state index contributed by atoms with van der Waals surface area (Å²) in [4.78, 5) is 4.37. The summed E-state index contributed by atoms with van der Waals surface area (Å²) in [6, 6.07) is 26.6. The van der Waals surface area contributed by atoms with Crippen LogP contribution in [0.25, 0.3) is 32.4 Å². The van der Waals surface area contributed by atoms with Crippen LogP contribution in [0, 0.1) is 0 Å². The predicted molar refractivity (Wildman–Crippen MR) is 119 cm³/mol. The zero-order chi connectivity index (χ0) is 18.9. The number of hydrogen-bond acceptors (Lipinski definition) is 3. The van der Waals surface area contributed by atoms with Crippen molar-refractivity contribution in [1.82, 2.24) is 4.98 Å². The first-order valence-corrected chi connectivity index (χ1v) is 9.41. The molecule has 5 aromatic rings. The highest BCUT2D eigenvalue weighted by molar-refractivity contribution is 6.31. The van der Waals surface area contributed by atoms with E-state index in [1.807, 2.05) is 30.5 Å². The molecule has 0 aliphatic carbocycles. The molecular weight excluding hydrogens is 366 g/mol. The van der Waals surface area contributed by atoms with Gasteiger partial charge in [-0.3, -0.25) is 10.4 Å². The lowest BCUT2D eigenvalue weighted by atomic mass is 9.97. The van der Waals surface area contributed by atoms with Crippen LogP contribution in [0.5, 0.6) is 0 Å². The van der Waals surface area contributed by atoms with Crippen molar-refractivity contribution in [2.75, 3.05) is 5.43 Å². The Bertz CT molecular complexity index is 1300. The fraction of sp³-hybridized carbons (Fsp3) is 0. The Labute approximate surface area is 167 Å². The minimum atomic E-state index is 0.669. The van der Waals surface area contributed by atoms with E-state index in [2.05, 4.69) is 70.1 Å². The molecule has 0 bridgehead atoms. The number of nitrogens with zero attached hydrogens (tertiary/aromatic N) is 2. The van der Waals surface area contributed by atoms with E-state index in [0.29, 0.717) is 5.02 Å². The van der Waals surface area contributed by atoms with E-state index < -0.39 is 0 Å². The highest BCUT2D eigenvalue weighted by atomic mass is 35.5. The third-order valence-electron chi connectivity index (χ3n) is 4.90. The van der Waals surface area contributed by atoms with Gasteiger partial charge in [0.2, 0.25) is 0 Å². The summed E-state index contributed by atoms with van der Waals surface area (Å²) in [5.41, 5.74) is 6.00. The van der Waals surface area contributed by atoms with Crippen molar-refractivity contribution in [3.05, 3.63) is 95.6 Å². The average molecular weight is 382 g/mol. The van der Waals surface area contributed by atoms with Gasteiger partial charge in [-0.15, -0.1) is 0 Å². The van der Waals surface area contributed by atoms with Crippen LogP contribution >= 0.6 is 11.6 Å². The first-order valence-electron chi connectivity index (χ1n) is 9.03. The van der Waals surface area contributed by atoms with Gasteiger partial charge >= 0.3 is 0 Å². The topological polar surface area (TPSA) is 37.3 Å². The summed E-state index contributed by atoms with van der Waals surface area (Å²) in [5.74, 6) is 0. The van der Waals surface area contributed by atoms with Crippen LogP contribution < -0.4 is 5.43 Å². The van der Waals surface area contributed by atoms with Gasteiger partial charge in [-0.1, -0.05) is 60.1 Å². The molecule has 0 saturated heterocycles. The van der Waals surface area contributed by atoms with Gasteiger partial charge in [-0.05, 0) is 51.9 Å². The van der Waals surface area contributed by atoms with Crippen molar-refractivity contribution >= 4 is 56.0 Å². The van der Waals surface area contributed by atoms with Gasteiger partial charge in [0.15, 0.2) is 0 Å². The Hall–Kier alpha value is -3.43. The Morgan fingerprint density at radius 2 is 1.50 bits per heavy atom. The number of anilines is 1. The Morgan fingerprint density at radius 1 is 0.786 bits per heavy atom. The smallest absolute Gasteiger partial charge is 0.0738 e. The fourth-order valence-electron chi connectivity index (χ4n) is 3.57. The highest BCUT2D eigenvalue weighted by Crippen LogP contribution is 2.28. The molecule has 0 aliphatic rings. The monoisotopic (exact) mass is 381 g/mol. The van der Waals surface area contributed by atoms with E-state index in [4.69, 9.17) is 11.6 Å². The van der Waals surface area contributed by atoms with Crippen LogP contribution in [-0.4, -0.2) is 11.2 Å². The van der Waals surface area contributed by atoms with Gasteiger partial charge in [0.05, 0.1) is 17.4 Å². The molecule has 134 valence electrons. The lowest BCUT2D eigenvalue weighted by molar-refractivity contribution is 1.33. The van der Waals surface area contributed by atoms with Gasteiger partial charge in [0, 0.05) is 22.2 Å². The molecule has 3 nitrogen and oxygen atoms in total. The standard InChI is InChI=1S/C24H16ClN3/c25-18-9-10-21-23(11-12-26-24(21)14-18)28-27-15-22-19-7-3-1-5-16(19)13-17-6-2-4-8-20(17)22/h1-15H,(H,26,28)/b27-15-. The number of nitrogens with one attached hydrogen (secondary N) is 1. The molecule has 0 fully saturated rings. The first kappa shape index (κ1) is 16.7. The summed E-state index contributed by atoms with van der Waals surface area (Å²) in [6.07, 6.45) is 3.65. The Kier molecular flexibility index (Phi) is 4.15. The van der Waals surface area contributed by atoms with E-state index in [1.54, 1.807) is 6.20 Å². The maximum Gasteiger partial charge on any atom is 0.0738 e. The van der Waals surface area contributed by atoms with Crippen LogP contribution in [-0.2, 0) is 0 Å². The lowest BCUT2D eigenvalue weighted by Gasteiger charge is -2.09. The number of hydrogen-bond donors (Lipinski definition) is 1. The predicted octanol–water partition coefficient (Wildman–Crippen LogP) is 6.64. The van der Waals surface area contributed by atoms with Gasteiger partial charge in [0.25, 0.3) is 0 Å². The number of halogens is 1. The van der Waals surface area contributed by atoms with E-state index in [1.165, 1.54) is 21.5 Å². The molecule has 0 saturated carbocycles.